The molecule has 0 amide bonds. The zero-order valence-electron chi connectivity index (χ0n) is 10.5. The minimum absolute atomic E-state index is 0.0180. The van der Waals surface area contributed by atoms with Gasteiger partial charge in [0, 0.05) is 11.6 Å². The summed E-state index contributed by atoms with van der Waals surface area (Å²) in [6, 6.07) is 11.1. The Bertz CT molecular complexity index is 757. The summed E-state index contributed by atoms with van der Waals surface area (Å²) in [6.07, 6.45) is -3.33. The van der Waals surface area contributed by atoms with Gasteiger partial charge in [-0.3, -0.25) is 0 Å². The Balaban J connectivity index is 2.47. The third-order valence-electron chi connectivity index (χ3n) is 2.65. The van der Waals surface area contributed by atoms with Crippen LogP contribution >= 0.6 is 0 Å². The molecule has 0 N–H and O–H groups in total. The molecule has 2 rings (SSSR count). The first-order valence-electron chi connectivity index (χ1n) is 5.74. The molecule has 0 saturated heterocycles. The predicted molar refractivity (Wildman–Crippen MR) is 68.3 cm³/mol. The molecule has 0 aliphatic rings. The molecule has 1 heterocycles. The fourth-order valence-corrected chi connectivity index (χ4v) is 1.75. The molecule has 6 heteroatoms. The molecule has 0 fully saturated rings. The van der Waals surface area contributed by atoms with E-state index in [-0.39, 0.29) is 22.7 Å². The topological polar surface area (TPSA) is 60.7 Å². The molecular weight excluding hydrogens is 281 g/mol. The van der Waals surface area contributed by atoms with Gasteiger partial charge < -0.3 is 4.42 Å². The van der Waals surface area contributed by atoms with Gasteiger partial charge in [-0.05, 0) is 18.2 Å². The molecule has 0 radical (unpaired) electrons. The second kappa shape index (κ2) is 5.56. The molecule has 3 nitrogen and oxygen atoms in total. The van der Waals surface area contributed by atoms with Crippen molar-refractivity contribution in [2.75, 3.05) is 0 Å². The van der Waals surface area contributed by atoms with E-state index < -0.39 is 11.7 Å². The lowest BCUT2D eigenvalue weighted by Gasteiger charge is -2.10. The minimum atomic E-state index is -4.50. The summed E-state index contributed by atoms with van der Waals surface area (Å²) in [5, 5.41) is 17.3. The molecule has 0 saturated carbocycles. The van der Waals surface area contributed by atoms with Crippen molar-refractivity contribution in [3.63, 3.8) is 0 Å². The Kier molecular flexibility index (Phi) is 3.82. The van der Waals surface area contributed by atoms with Gasteiger partial charge >= 0.3 is 6.18 Å². The second-order valence-corrected chi connectivity index (χ2v) is 4.03. The van der Waals surface area contributed by atoms with Crippen molar-refractivity contribution in [3.8, 4) is 23.5 Å². The highest BCUT2D eigenvalue weighted by molar-refractivity contribution is 5.66. The maximum Gasteiger partial charge on any atom is 0.417 e. The Morgan fingerprint density at radius 1 is 1.05 bits per heavy atom. The maximum atomic E-state index is 12.9. The fraction of sp³-hybridized carbons (Fsp3) is 0.0667. The van der Waals surface area contributed by atoms with Gasteiger partial charge in [0.1, 0.15) is 29.2 Å². The van der Waals surface area contributed by atoms with E-state index in [1.54, 1.807) is 12.1 Å². The third-order valence-corrected chi connectivity index (χ3v) is 2.65. The van der Waals surface area contributed by atoms with Crippen LogP contribution in [0.4, 0.5) is 13.2 Å². The van der Waals surface area contributed by atoms with Crippen molar-refractivity contribution < 1.29 is 17.6 Å². The second-order valence-electron chi connectivity index (χ2n) is 4.03. The van der Waals surface area contributed by atoms with Crippen LogP contribution in [0.2, 0.25) is 0 Å². The molecule has 0 atom stereocenters. The largest absolute Gasteiger partial charge is 0.457 e. The summed E-state index contributed by atoms with van der Waals surface area (Å²) in [6.45, 7) is 0. The van der Waals surface area contributed by atoms with Crippen LogP contribution in [0.15, 0.2) is 46.4 Å². The minimum Gasteiger partial charge on any atom is -0.457 e. The van der Waals surface area contributed by atoms with Gasteiger partial charge in [0.2, 0.25) is 0 Å². The number of hydrogen-bond donors (Lipinski definition) is 0. The van der Waals surface area contributed by atoms with Crippen molar-refractivity contribution in [3.05, 3.63) is 53.3 Å². The summed E-state index contributed by atoms with van der Waals surface area (Å²) in [4.78, 5) is 0. The molecule has 0 aliphatic carbocycles. The van der Waals surface area contributed by atoms with E-state index in [2.05, 4.69) is 0 Å². The summed E-state index contributed by atoms with van der Waals surface area (Å²) in [5.74, 6) is 0.157. The average Bonchev–Trinajstić information content (AvgIpc) is 2.92. The zero-order valence-corrected chi connectivity index (χ0v) is 10.5. The van der Waals surface area contributed by atoms with Crippen LogP contribution < -0.4 is 0 Å². The first-order chi connectivity index (χ1) is 9.95. The van der Waals surface area contributed by atoms with E-state index >= 15 is 0 Å². The molecule has 1 aromatic carbocycles. The lowest BCUT2D eigenvalue weighted by molar-refractivity contribution is -0.137. The number of furan rings is 1. The van der Waals surface area contributed by atoms with Gasteiger partial charge in [0.05, 0.1) is 5.56 Å². The van der Waals surface area contributed by atoms with Gasteiger partial charge in [0.15, 0.2) is 0 Å². The quantitative estimate of drug-likeness (QED) is 0.770. The first kappa shape index (κ1) is 14.4. The number of nitriles is 2. The van der Waals surface area contributed by atoms with Crippen LogP contribution in [0.1, 0.15) is 11.3 Å². The van der Waals surface area contributed by atoms with Crippen molar-refractivity contribution in [1.29, 1.82) is 10.5 Å². The summed E-state index contributed by atoms with van der Waals surface area (Å²) >= 11 is 0. The highest BCUT2D eigenvalue weighted by Gasteiger charge is 2.34. The Labute approximate surface area is 118 Å². The summed E-state index contributed by atoms with van der Waals surface area (Å²) in [5.41, 5.74) is -1.10. The van der Waals surface area contributed by atoms with Crippen molar-refractivity contribution in [1.82, 2.24) is 0 Å². The van der Waals surface area contributed by atoms with Crippen molar-refractivity contribution in [2.24, 2.45) is 0 Å². The molecule has 0 unspecified atom stereocenters. The molecule has 2 aromatic rings. The van der Waals surface area contributed by atoms with E-state index in [1.807, 2.05) is 0 Å². The SMILES string of the molecule is N#CC(C#N)=Cc1ccc(-c2ccccc2C(F)(F)F)o1. The molecular formula is C15H7F3N2O. The lowest BCUT2D eigenvalue weighted by Crippen LogP contribution is -2.06. The standard InChI is InChI=1S/C15H7F3N2O/c16-15(17,18)13-4-2-1-3-12(13)14-6-5-11(21-14)7-10(8-19)9-20/h1-7H. The van der Waals surface area contributed by atoms with Crippen molar-refractivity contribution in [2.45, 2.75) is 6.18 Å². The Morgan fingerprint density at radius 3 is 2.33 bits per heavy atom. The van der Waals surface area contributed by atoms with Gasteiger partial charge in [-0.2, -0.15) is 23.7 Å². The van der Waals surface area contributed by atoms with E-state index in [0.717, 1.165) is 6.07 Å². The first-order valence-corrected chi connectivity index (χ1v) is 5.74. The van der Waals surface area contributed by atoms with E-state index in [9.17, 15) is 13.2 Å². The lowest BCUT2D eigenvalue weighted by atomic mass is 10.1. The van der Waals surface area contributed by atoms with E-state index in [0.29, 0.717) is 0 Å². The highest BCUT2D eigenvalue weighted by Crippen LogP contribution is 2.37. The summed E-state index contributed by atoms with van der Waals surface area (Å²) < 4.78 is 44.0. The Morgan fingerprint density at radius 2 is 1.71 bits per heavy atom. The third kappa shape index (κ3) is 3.13. The average molecular weight is 288 g/mol. The van der Waals surface area contributed by atoms with Gasteiger partial charge in [-0.25, -0.2) is 0 Å². The van der Waals surface area contributed by atoms with Crippen LogP contribution in [-0.2, 0) is 6.18 Å². The highest BCUT2D eigenvalue weighted by atomic mass is 19.4. The van der Waals surface area contributed by atoms with Crippen molar-refractivity contribution >= 4 is 6.08 Å². The zero-order chi connectivity index (χ0) is 15.5. The number of nitrogens with zero attached hydrogens (tertiary/aromatic N) is 2. The van der Waals surface area contributed by atoms with E-state index in [1.165, 1.54) is 36.4 Å². The molecule has 21 heavy (non-hydrogen) atoms. The molecule has 0 bridgehead atoms. The van der Waals surface area contributed by atoms with Crippen LogP contribution in [0.25, 0.3) is 17.4 Å². The Hall–Kier alpha value is -2.99. The smallest absolute Gasteiger partial charge is 0.417 e. The van der Waals surface area contributed by atoms with Gasteiger partial charge in [0.25, 0.3) is 0 Å². The molecule has 104 valence electrons. The molecule has 0 spiro atoms. The van der Waals surface area contributed by atoms with Crippen LogP contribution in [0, 0.1) is 22.7 Å². The number of benzene rings is 1. The molecule has 0 aliphatic heterocycles. The number of hydrogen-bond acceptors (Lipinski definition) is 3. The summed E-state index contributed by atoms with van der Waals surface area (Å²) in [7, 11) is 0. The van der Waals surface area contributed by atoms with Crippen LogP contribution in [0.5, 0.6) is 0 Å². The van der Waals surface area contributed by atoms with Crippen LogP contribution in [0.3, 0.4) is 0 Å². The van der Waals surface area contributed by atoms with Gasteiger partial charge in [-0.1, -0.05) is 18.2 Å². The number of alkyl halides is 3. The monoisotopic (exact) mass is 288 g/mol. The maximum absolute atomic E-state index is 12.9. The fourth-order valence-electron chi connectivity index (χ4n) is 1.75. The van der Waals surface area contributed by atoms with Gasteiger partial charge in [-0.15, -0.1) is 0 Å². The predicted octanol–water partition coefficient (Wildman–Crippen LogP) is 4.40. The number of allylic oxidation sites excluding steroid dienone is 1. The van der Waals surface area contributed by atoms with E-state index in [4.69, 9.17) is 14.9 Å². The normalized spacial score (nSPS) is 10.5. The molecule has 1 aromatic heterocycles. The van der Waals surface area contributed by atoms with Crippen LogP contribution in [-0.4, -0.2) is 0 Å². The number of halogens is 3. The number of rotatable bonds is 2.